The van der Waals surface area contributed by atoms with Crippen LogP contribution in [-0.4, -0.2) is 23.8 Å². The molecule has 1 unspecified atom stereocenters. The molecule has 2 rings (SSSR count). The predicted molar refractivity (Wildman–Crippen MR) is 70.2 cm³/mol. The van der Waals surface area contributed by atoms with Gasteiger partial charge >= 0.3 is 5.97 Å². The second kappa shape index (κ2) is 6.17. The number of allylic oxidation sites excluding steroid dienone is 1. The summed E-state index contributed by atoms with van der Waals surface area (Å²) < 4.78 is 5.09. The largest absolute Gasteiger partial charge is 0.478 e. The lowest BCUT2D eigenvalue weighted by molar-refractivity contribution is -0.132. The number of rotatable bonds is 6. The number of carbonyl (C=O) groups is 1. The van der Waals surface area contributed by atoms with E-state index in [1.165, 1.54) is 0 Å². The highest BCUT2D eigenvalue weighted by atomic mass is 16.6. The molecule has 18 heavy (non-hydrogen) atoms. The van der Waals surface area contributed by atoms with Crippen molar-refractivity contribution in [1.29, 1.82) is 0 Å². The van der Waals surface area contributed by atoms with Gasteiger partial charge in [-0.2, -0.15) is 0 Å². The molecule has 0 amide bonds. The summed E-state index contributed by atoms with van der Waals surface area (Å²) >= 11 is 0. The van der Waals surface area contributed by atoms with E-state index in [2.05, 4.69) is 0 Å². The summed E-state index contributed by atoms with van der Waals surface area (Å²) in [6.07, 6.45) is 7.19. The van der Waals surface area contributed by atoms with Gasteiger partial charge in [0.25, 0.3) is 0 Å². The normalized spacial score (nSPS) is 19.1. The zero-order chi connectivity index (χ0) is 12.8. The van der Waals surface area contributed by atoms with Gasteiger partial charge in [-0.3, -0.25) is 0 Å². The number of benzene rings is 1. The van der Waals surface area contributed by atoms with E-state index in [1.807, 2.05) is 36.4 Å². The van der Waals surface area contributed by atoms with Gasteiger partial charge in [0.2, 0.25) is 0 Å². The zero-order valence-corrected chi connectivity index (χ0v) is 10.1. The first kappa shape index (κ1) is 12.6. The maximum Gasteiger partial charge on any atom is 0.335 e. The standard InChI is InChI=1S/C15H16O3/c16-15(17)13(7-4-8-14-11-18-14)10-9-12-5-2-1-3-6-12/h1-3,5-7,9-10,14H,4,8,11H2,(H,16,17). The fraction of sp³-hybridized carbons (Fsp3) is 0.267. The molecule has 0 aliphatic carbocycles. The maximum absolute atomic E-state index is 11.1. The van der Waals surface area contributed by atoms with Crippen molar-refractivity contribution in [2.75, 3.05) is 6.61 Å². The lowest BCUT2D eigenvalue weighted by Gasteiger charge is -1.96. The minimum atomic E-state index is -0.890. The molecule has 1 aromatic rings. The van der Waals surface area contributed by atoms with Crippen LogP contribution in [0.1, 0.15) is 18.4 Å². The Hall–Kier alpha value is -1.87. The van der Waals surface area contributed by atoms with Crippen molar-refractivity contribution in [1.82, 2.24) is 0 Å². The van der Waals surface area contributed by atoms with Gasteiger partial charge in [-0.25, -0.2) is 4.79 Å². The Morgan fingerprint density at radius 3 is 2.72 bits per heavy atom. The Bertz CT molecular complexity index is 456. The molecule has 0 aromatic heterocycles. The van der Waals surface area contributed by atoms with Gasteiger partial charge < -0.3 is 9.84 Å². The summed E-state index contributed by atoms with van der Waals surface area (Å²) in [6, 6.07) is 9.66. The molecule has 1 aliphatic rings. The average molecular weight is 244 g/mol. The molecule has 1 fully saturated rings. The second-order valence-corrected chi connectivity index (χ2v) is 4.24. The van der Waals surface area contributed by atoms with E-state index in [0.717, 1.165) is 25.0 Å². The molecule has 0 spiro atoms. The maximum atomic E-state index is 11.1. The van der Waals surface area contributed by atoms with E-state index in [0.29, 0.717) is 11.7 Å². The number of carboxylic acids is 1. The Morgan fingerprint density at radius 1 is 1.39 bits per heavy atom. The van der Waals surface area contributed by atoms with Crippen molar-refractivity contribution in [2.24, 2.45) is 0 Å². The highest BCUT2D eigenvalue weighted by molar-refractivity contribution is 5.91. The van der Waals surface area contributed by atoms with Gasteiger partial charge in [0.1, 0.15) is 0 Å². The van der Waals surface area contributed by atoms with E-state index in [9.17, 15) is 4.79 Å². The van der Waals surface area contributed by atoms with Crippen LogP contribution in [0.4, 0.5) is 0 Å². The molecular weight excluding hydrogens is 228 g/mol. The number of hydrogen-bond acceptors (Lipinski definition) is 2. The van der Waals surface area contributed by atoms with Gasteiger partial charge in [-0.15, -0.1) is 0 Å². The van der Waals surface area contributed by atoms with Gasteiger partial charge in [0, 0.05) is 0 Å². The molecule has 1 aromatic carbocycles. The van der Waals surface area contributed by atoms with Crippen LogP contribution in [0.2, 0.25) is 0 Å². The fourth-order valence-electron chi connectivity index (χ4n) is 1.64. The Balaban J connectivity index is 1.96. The summed E-state index contributed by atoms with van der Waals surface area (Å²) in [4.78, 5) is 11.1. The van der Waals surface area contributed by atoms with Crippen LogP contribution in [-0.2, 0) is 9.53 Å². The topological polar surface area (TPSA) is 49.8 Å². The summed E-state index contributed by atoms with van der Waals surface area (Å²) in [6.45, 7) is 0.816. The van der Waals surface area contributed by atoms with E-state index in [4.69, 9.17) is 9.84 Å². The van der Waals surface area contributed by atoms with Gasteiger partial charge in [-0.05, 0) is 24.5 Å². The highest BCUT2D eigenvalue weighted by Gasteiger charge is 2.20. The van der Waals surface area contributed by atoms with Crippen molar-refractivity contribution in [3.8, 4) is 0 Å². The van der Waals surface area contributed by atoms with Crippen molar-refractivity contribution in [2.45, 2.75) is 18.9 Å². The fourth-order valence-corrected chi connectivity index (χ4v) is 1.64. The number of ether oxygens (including phenoxy) is 1. The molecule has 0 radical (unpaired) electrons. The molecule has 3 heteroatoms. The Labute approximate surface area is 106 Å². The third-order valence-corrected chi connectivity index (χ3v) is 2.76. The molecule has 1 N–H and O–H groups in total. The number of carboxylic acid groups (broad SMARTS) is 1. The van der Waals surface area contributed by atoms with Crippen LogP contribution in [0.25, 0.3) is 6.08 Å². The molecule has 1 atom stereocenters. The van der Waals surface area contributed by atoms with Crippen molar-refractivity contribution in [3.05, 3.63) is 53.6 Å². The van der Waals surface area contributed by atoms with Gasteiger partial charge in [0.05, 0.1) is 18.3 Å². The van der Waals surface area contributed by atoms with Crippen LogP contribution in [0.15, 0.2) is 48.1 Å². The van der Waals surface area contributed by atoms with Crippen LogP contribution in [0.5, 0.6) is 0 Å². The molecule has 1 heterocycles. The molecule has 94 valence electrons. The van der Waals surface area contributed by atoms with Crippen molar-refractivity contribution >= 4 is 12.0 Å². The van der Waals surface area contributed by atoms with E-state index >= 15 is 0 Å². The van der Waals surface area contributed by atoms with Gasteiger partial charge in [-0.1, -0.05) is 42.5 Å². The molecule has 0 bridgehead atoms. The monoisotopic (exact) mass is 244 g/mol. The first-order valence-corrected chi connectivity index (χ1v) is 6.04. The molecule has 0 saturated carbocycles. The second-order valence-electron chi connectivity index (χ2n) is 4.24. The highest BCUT2D eigenvalue weighted by Crippen LogP contribution is 2.16. The van der Waals surface area contributed by atoms with E-state index < -0.39 is 5.97 Å². The summed E-state index contributed by atoms with van der Waals surface area (Å²) in [5, 5.41) is 9.08. The smallest absolute Gasteiger partial charge is 0.335 e. The lowest BCUT2D eigenvalue weighted by atomic mass is 10.1. The molecule has 3 nitrogen and oxygen atoms in total. The van der Waals surface area contributed by atoms with Crippen molar-refractivity contribution in [3.63, 3.8) is 0 Å². The quantitative estimate of drug-likeness (QED) is 0.475. The van der Waals surface area contributed by atoms with Gasteiger partial charge in [0.15, 0.2) is 0 Å². The first-order chi connectivity index (χ1) is 8.75. The van der Waals surface area contributed by atoms with E-state index in [1.54, 1.807) is 12.2 Å². The summed E-state index contributed by atoms with van der Waals surface area (Å²) in [5.74, 6) is -0.890. The molecular formula is C15H16O3. The van der Waals surface area contributed by atoms with Crippen LogP contribution >= 0.6 is 0 Å². The number of hydrogen-bond donors (Lipinski definition) is 1. The molecule has 1 saturated heterocycles. The first-order valence-electron chi connectivity index (χ1n) is 6.04. The Morgan fingerprint density at radius 2 is 2.11 bits per heavy atom. The lowest BCUT2D eigenvalue weighted by Crippen LogP contribution is -1.98. The summed E-state index contributed by atoms with van der Waals surface area (Å²) in [5.41, 5.74) is 1.33. The number of epoxide rings is 1. The van der Waals surface area contributed by atoms with E-state index in [-0.39, 0.29) is 0 Å². The average Bonchev–Trinajstić information content (AvgIpc) is 3.18. The summed E-state index contributed by atoms with van der Waals surface area (Å²) in [7, 11) is 0. The number of aliphatic carboxylic acids is 1. The third kappa shape index (κ3) is 4.18. The van der Waals surface area contributed by atoms with Crippen LogP contribution < -0.4 is 0 Å². The SMILES string of the molecule is O=C(O)C(C=Cc1ccccc1)=CCCC1CO1. The predicted octanol–water partition coefficient (Wildman–Crippen LogP) is 2.89. The third-order valence-electron chi connectivity index (χ3n) is 2.76. The van der Waals surface area contributed by atoms with Crippen LogP contribution in [0.3, 0.4) is 0 Å². The van der Waals surface area contributed by atoms with Crippen LogP contribution in [0, 0.1) is 0 Å². The zero-order valence-electron chi connectivity index (χ0n) is 10.1. The Kier molecular flexibility index (Phi) is 4.31. The molecule has 1 aliphatic heterocycles. The minimum absolute atomic E-state index is 0.333. The van der Waals surface area contributed by atoms with Crippen molar-refractivity contribution < 1.29 is 14.6 Å². The minimum Gasteiger partial charge on any atom is -0.478 e.